The topological polar surface area (TPSA) is 64.9 Å². The maximum Gasteiger partial charge on any atom is 0.416 e. The van der Waals surface area contributed by atoms with E-state index >= 15 is 0 Å². The first-order valence-corrected chi connectivity index (χ1v) is 5.07. The van der Waals surface area contributed by atoms with Gasteiger partial charge in [-0.2, -0.15) is 13.2 Å². The summed E-state index contributed by atoms with van der Waals surface area (Å²) >= 11 is 0. The highest BCUT2D eigenvalue weighted by atomic mass is 19.4. The van der Waals surface area contributed by atoms with Crippen LogP contribution in [0.2, 0.25) is 0 Å². The average Bonchev–Trinajstić information content (AvgIpc) is 2.27. The molecule has 2 aromatic rings. The molecule has 0 atom stereocenters. The van der Waals surface area contributed by atoms with Crippen molar-refractivity contribution in [3.8, 4) is 11.1 Å². The highest BCUT2D eigenvalue weighted by Gasteiger charge is 2.30. The SMILES string of the molecule is Nc1cc(-c2cccc(C(F)(F)F)c2)cc(N)n1. The van der Waals surface area contributed by atoms with Gasteiger partial charge in [0.25, 0.3) is 0 Å². The van der Waals surface area contributed by atoms with Crippen molar-refractivity contribution in [1.82, 2.24) is 4.98 Å². The Bertz CT molecular complexity index is 559. The van der Waals surface area contributed by atoms with Crippen LogP contribution in [-0.4, -0.2) is 4.98 Å². The number of nitrogen functional groups attached to an aromatic ring is 2. The molecule has 0 bridgehead atoms. The van der Waals surface area contributed by atoms with E-state index in [-0.39, 0.29) is 11.6 Å². The molecule has 0 radical (unpaired) electrons. The van der Waals surface area contributed by atoms with Crippen LogP contribution in [0.4, 0.5) is 24.8 Å². The fraction of sp³-hybridized carbons (Fsp3) is 0.0833. The van der Waals surface area contributed by atoms with Crippen LogP contribution in [-0.2, 0) is 6.18 Å². The van der Waals surface area contributed by atoms with Gasteiger partial charge in [0.1, 0.15) is 11.6 Å². The van der Waals surface area contributed by atoms with Gasteiger partial charge in [0, 0.05) is 0 Å². The Hall–Kier alpha value is -2.24. The molecular weight excluding hydrogens is 243 g/mol. The van der Waals surface area contributed by atoms with E-state index in [1.165, 1.54) is 18.2 Å². The van der Waals surface area contributed by atoms with Crippen molar-refractivity contribution >= 4 is 11.6 Å². The Balaban J connectivity index is 2.51. The normalized spacial score (nSPS) is 11.5. The van der Waals surface area contributed by atoms with Crippen LogP contribution in [0, 0.1) is 0 Å². The van der Waals surface area contributed by atoms with E-state index in [0.717, 1.165) is 12.1 Å². The first-order chi connectivity index (χ1) is 8.36. The molecule has 94 valence electrons. The smallest absolute Gasteiger partial charge is 0.384 e. The van der Waals surface area contributed by atoms with Crippen molar-refractivity contribution in [1.29, 1.82) is 0 Å². The summed E-state index contributed by atoms with van der Waals surface area (Å²) in [5.74, 6) is 0.338. The molecule has 4 N–H and O–H groups in total. The third kappa shape index (κ3) is 2.53. The second-order valence-electron chi connectivity index (χ2n) is 3.78. The number of halogens is 3. The second-order valence-corrected chi connectivity index (χ2v) is 3.78. The lowest BCUT2D eigenvalue weighted by atomic mass is 10.0. The van der Waals surface area contributed by atoms with Crippen LogP contribution >= 0.6 is 0 Å². The Kier molecular flexibility index (Phi) is 2.86. The zero-order chi connectivity index (χ0) is 13.3. The van der Waals surface area contributed by atoms with E-state index in [1.807, 2.05) is 0 Å². The number of hydrogen-bond acceptors (Lipinski definition) is 3. The van der Waals surface area contributed by atoms with Gasteiger partial charge in [0.05, 0.1) is 5.56 Å². The van der Waals surface area contributed by atoms with Crippen LogP contribution in [0.25, 0.3) is 11.1 Å². The quantitative estimate of drug-likeness (QED) is 0.821. The van der Waals surface area contributed by atoms with Crippen molar-refractivity contribution in [2.45, 2.75) is 6.18 Å². The summed E-state index contributed by atoms with van der Waals surface area (Å²) in [7, 11) is 0. The van der Waals surface area contributed by atoms with Crippen LogP contribution in [0.1, 0.15) is 5.56 Å². The second kappa shape index (κ2) is 4.21. The van der Waals surface area contributed by atoms with Gasteiger partial charge >= 0.3 is 6.18 Å². The number of nitrogens with zero attached hydrogens (tertiary/aromatic N) is 1. The minimum atomic E-state index is -4.37. The average molecular weight is 253 g/mol. The number of anilines is 2. The van der Waals surface area contributed by atoms with Crippen molar-refractivity contribution < 1.29 is 13.2 Å². The molecule has 2 rings (SSSR count). The molecule has 1 aromatic carbocycles. The van der Waals surface area contributed by atoms with E-state index in [9.17, 15) is 13.2 Å². The summed E-state index contributed by atoms with van der Waals surface area (Å²) in [5, 5.41) is 0. The molecule has 6 heteroatoms. The van der Waals surface area contributed by atoms with E-state index in [1.54, 1.807) is 6.07 Å². The summed E-state index contributed by atoms with van der Waals surface area (Å²) < 4.78 is 37.7. The zero-order valence-corrected chi connectivity index (χ0v) is 9.20. The first kappa shape index (κ1) is 12.2. The van der Waals surface area contributed by atoms with E-state index in [4.69, 9.17) is 11.5 Å². The van der Waals surface area contributed by atoms with Gasteiger partial charge in [-0.3, -0.25) is 0 Å². The van der Waals surface area contributed by atoms with E-state index < -0.39 is 11.7 Å². The first-order valence-electron chi connectivity index (χ1n) is 5.07. The number of pyridine rings is 1. The van der Waals surface area contributed by atoms with Gasteiger partial charge in [-0.05, 0) is 35.4 Å². The summed E-state index contributed by atoms with van der Waals surface area (Å²) in [5.41, 5.74) is 11.2. The van der Waals surface area contributed by atoms with Crippen molar-refractivity contribution in [3.05, 3.63) is 42.0 Å². The number of rotatable bonds is 1. The summed E-state index contributed by atoms with van der Waals surface area (Å²) in [4.78, 5) is 3.76. The Morgan fingerprint density at radius 1 is 0.889 bits per heavy atom. The maximum absolute atomic E-state index is 12.6. The number of alkyl halides is 3. The molecule has 0 saturated carbocycles. The molecule has 0 aliphatic carbocycles. The van der Waals surface area contributed by atoms with Gasteiger partial charge in [-0.1, -0.05) is 12.1 Å². The minimum absolute atomic E-state index is 0.169. The van der Waals surface area contributed by atoms with Crippen LogP contribution in [0.5, 0.6) is 0 Å². The number of nitrogens with two attached hydrogens (primary N) is 2. The van der Waals surface area contributed by atoms with E-state index in [0.29, 0.717) is 11.1 Å². The molecule has 0 aliphatic rings. The van der Waals surface area contributed by atoms with Gasteiger partial charge in [0.2, 0.25) is 0 Å². The molecule has 0 unspecified atom stereocenters. The van der Waals surface area contributed by atoms with Gasteiger partial charge in [-0.15, -0.1) is 0 Å². The molecule has 3 nitrogen and oxygen atoms in total. The van der Waals surface area contributed by atoms with Crippen LogP contribution < -0.4 is 11.5 Å². The number of benzene rings is 1. The zero-order valence-electron chi connectivity index (χ0n) is 9.20. The summed E-state index contributed by atoms with van der Waals surface area (Å²) in [6.07, 6.45) is -4.37. The third-order valence-corrected chi connectivity index (χ3v) is 2.39. The lowest BCUT2D eigenvalue weighted by Crippen LogP contribution is -2.04. The van der Waals surface area contributed by atoms with E-state index in [2.05, 4.69) is 4.98 Å². The van der Waals surface area contributed by atoms with Crippen molar-refractivity contribution in [3.63, 3.8) is 0 Å². The van der Waals surface area contributed by atoms with Crippen molar-refractivity contribution in [2.75, 3.05) is 11.5 Å². The van der Waals surface area contributed by atoms with Crippen LogP contribution in [0.15, 0.2) is 36.4 Å². The molecule has 1 aromatic heterocycles. The largest absolute Gasteiger partial charge is 0.416 e. The molecule has 18 heavy (non-hydrogen) atoms. The standard InChI is InChI=1S/C12H10F3N3/c13-12(14,15)9-3-1-2-7(4-9)8-5-10(16)18-11(17)6-8/h1-6H,(H4,16,17,18). The van der Waals surface area contributed by atoms with Gasteiger partial charge < -0.3 is 11.5 Å². The van der Waals surface area contributed by atoms with Gasteiger partial charge in [-0.25, -0.2) is 4.98 Å². The van der Waals surface area contributed by atoms with Crippen molar-refractivity contribution in [2.24, 2.45) is 0 Å². The fourth-order valence-corrected chi connectivity index (χ4v) is 1.62. The highest BCUT2D eigenvalue weighted by molar-refractivity contribution is 5.69. The molecular formula is C12H10F3N3. The van der Waals surface area contributed by atoms with Gasteiger partial charge in [0.15, 0.2) is 0 Å². The predicted octanol–water partition coefficient (Wildman–Crippen LogP) is 2.93. The maximum atomic E-state index is 12.6. The Morgan fingerprint density at radius 3 is 2.06 bits per heavy atom. The molecule has 0 amide bonds. The van der Waals surface area contributed by atoms with Crippen LogP contribution in [0.3, 0.4) is 0 Å². The Morgan fingerprint density at radius 2 is 1.50 bits per heavy atom. The monoisotopic (exact) mass is 253 g/mol. The third-order valence-electron chi connectivity index (χ3n) is 2.39. The number of hydrogen-bond donors (Lipinski definition) is 2. The lowest BCUT2D eigenvalue weighted by molar-refractivity contribution is -0.137. The summed E-state index contributed by atoms with van der Waals surface area (Å²) in [6.45, 7) is 0. The lowest BCUT2D eigenvalue weighted by Gasteiger charge is -2.09. The molecule has 0 spiro atoms. The fourth-order valence-electron chi connectivity index (χ4n) is 1.62. The number of aromatic nitrogens is 1. The summed E-state index contributed by atoms with van der Waals surface area (Å²) in [6, 6.07) is 7.91. The predicted molar refractivity (Wildman–Crippen MR) is 63.5 cm³/mol. The molecule has 1 heterocycles. The molecule has 0 aliphatic heterocycles. The molecule has 0 fully saturated rings. The molecule has 0 saturated heterocycles. The minimum Gasteiger partial charge on any atom is -0.384 e. The Labute approximate surface area is 101 Å². The highest BCUT2D eigenvalue weighted by Crippen LogP contribution is 2.32.